The highest BCUT2D eigenvalue weighted by atomic mass is 32.1. The first-order valence-electron chi connectivity index (χ1n) is 7.24. The summed E-state index contributed by atoms with van der Waals surface area (Å²) < 4.78 is 0. The molecule has 0 fully saturated rings. The Kier molecular flexibility index (Phi) is 3.68. The number of hydrogen-bond donors (Lipinski definition) is 1. The predicted octanol–water partition coefficient (Wildman–Crippen LogP) is 5.39. The molecule has 2 nitrogen and oxygen atoms in total. The summed E-state index contributed by atoms with van der Waals surface area (Å²) in [6.45, 7) is 8.63. The monoisotopic (exact) mass is 296 g/mol. The minimum absolute atomic E-state index is 0.292. The van der Waals surface area contributed by atoms with Gasteiger partial charge in [-0.05, 0) is 51.5 Å². The number of anilines is 1. The van der Waals surface area contributed by atoms with Crippen molar-refractivity contribution in [2.75, 3.05) is 5.32 Å². The normalized spacial score (nSPS) is 12.6. The molecule has 0 aliphatic carbocycles. The molecule has 0 aliphatic rings. The summed E-state index contributed by atoms with van der Waals surface area (Å²) in [5.74, 6) is 0. The zero-order valence-corrected chi connectivity index (χ0v) is 13.7. The van der Waals surface area contributed by atoms with Gasteiger partial charge in [0.2, 0.25) is 0 Å². The molecule has 0 bridgehead atoms. The minimum Gasteiger partial charge on any atom is -0.378 e. The Morgan fingerprint density at radius 1 is 1.10 bits per heavy atom. The summed E-state index contributed by atoms with van der Waals surface area (Å²) >= 11 is 1.86. The van der Waals surface area contributed by atoms with E-state index in [0.717, 1.165) is 16.9 Å². The molecule has 0 saturated heterocycles. The van der Waals surface area contributed by atoms with Gasteiger partial charge in [-0.25, -0.2) is 0 Å². The molecule has 0 amide bonds. The van der Waals surface area contributed by atoms with Crippen LogP contribution in [0.1, 0.15) is 34.0 Å². The molecular formula is C18H20N2S. The molecule has 108 valence electrons. The number of rotatable bonds is 3. The quantitative estimate of drug-likeness (QED) is 0.700. The number of hydrogen-bond acceptors (Lipinski definition) is 3. The first kappa shape index (κ1) is 14.1. The lowest BCUT2D eigenvalue weighted by molar-refractivity contribution is 0.883. The number of benzene rings is 1. The lowest BCUT2D eigenvalue weighted by Gasteiger charge is -2.17. The number of nitrogens with zero attached hydrogens (tertiary/aromatic N) is 1. The lowest BCUT2D eigenvalue weighted by Crippen LogP contribution is -2.07. The van der Waals surface area contributed by atoms with Gasteiger partial charge >= 0.3 is 0 Å². The van der Waals surface area contributed by atoms with E-state index in [1.54, 1.807) is 0 Å². The van der Waals surface area contributed by atoms with Gasteiger partial charge in [0.15, 0.2) is 0 Å². The van der Waals surface area contributed by atoms with E-state index in [1.165, 1.54) is 20.7 Å². The highest BCUT2D eigenvalue weighted by molar-refractivity contribution is 7.12. The summed E-state index contributed by atoms with van der Waals surface area (Å²) in [5, 5.41) is 4.84. The van der Waals surface area contributed by atoms with E-state index in [-0.39, 0.29) is 0 Å². The SMILES string of the molecule is Cc1cc(NC(C)c2cc(C)sc2C)c2ccccc2n1. The third kappa shape index (κ3) is 2.79. The second kappa shape index (κ2) is 5.49. The number of nitrogens with one attached hydrogen (secondary N) is 1. The number of aryl methyl sites for hydroxylation is 3. The summed E-state index contributed by atoms with van der Waals surface area (Å²) in [5.41, 5.74) is 4.64. The number of aromatic nitrogens is 1. The average molecular weight is 296 g/mol. The van der Waals surface area contributed by atoms with Crippen LogP contribution in [-0.2, 0) is 0 Å². The second-order valence-electron chi connectivity index (χ2n) is 5.56. The zero-order valence-electron chi connectivity index (χ0n) is 12.9. The summed E-state index contributed by atoms with van der Waals surface area (Å²) in [7, 11) is 0. The van der Waals surface area contributed by atoms with Gasteiger partial charge in [0.1, 0.15) is 0 Å². The van der Waals surface area contributed by atoms with Crippen molar-refractivity contribution in [3.63, 3.8) is 0 Å². The van der Waals surface area contributed by atoms with Crippen LogP contribution in [0.25, 0.3) is 10.9 Å². The zero-order chi connectivity index (χ0) is 15.0. The van der Waals surface area contributed by atoms with Crippen molar-refractivity contribution in [3.8, 4) is 0 Å². The second-order valence-corrected chi connectivity index (χ2v) is 7.02. The van der Waals surface area contributed by atoms with Crippen molar-refractivity contribution in [3.05, 3.63) is 57.4 Å². The van der Waals surface area contributed by atoms with Crippen molar-refractivity contribution >= 4 is 27.9 Å². The topological polar surface area (TPSA) is 24.9 Å². The van der Waals surface area contributed by atoms with E-state index in [0.29, 0.717) is 6.04 Å². The Morgan fingerprint density at radius 3 is 2.57 bits per heavy atom. The Morgan fingerprint density at radius 2 is 1.86 bits per heavy atom. The molecular weight excluding hydrogens is 276 g/mol. The van der Waals surface area contributed by atoms with Crippen LogP contribution >= 0.6 is 11.3 Å². The van der Waals surface area contributed by atoms with Gasteiger partial charge in [-0.3, -0.25) is 4.98 Å². The Hall–Kier alpha value is -1.87. The smallest absolute Gasteiger partial charge is 0.0725 e. The highest BCUT2D eigenvalue weighted by Gasteiger charge is 2.13. The van der Waals surface area contributed by atoms with Gasteiger partial charge in [-0.1, -0.05) is 18.2 Å². The standard InChI is InChI=1S/C18H20N2S/c1-11-9-18(15-7-5-6-8-17(15)19-11)20-13(3)16-10-12(2)21-14(16)4/h5-10,13H,1-4H3,(H,19,20). The van der Waals surface area contributed by atoms with Gasteiger partial charge in [0.05, 0.1) is 5.52 Å². The van der Waals surface area contributed by atoms with E-state index < -0.39 is 0 Å². The molecule has 3 heteroatoms. The highest BCUT2D eigenvalue weighted by Crippen LogP contribution is 2.31. The molecule has 3 aromatic rings. The first-order valence-corrected chi connectivity index (χ1v) is 8.06. The van der Waals surface area contributed by atoms with Crippen LogP contribution < -0.4 is 5.32 Å². The van der Waals surface area contributed by atoms with Crippen molar-refractivity contribution in [2.45, 2.75) is 33.7 Å². The van der Waals surface area contributed by atoms with Crippen LogP contribution in [0.4, 0.5) is 5.69 Å². The fourth-order valence-corrected chi connectivity index (χ4v) is 3.84. The van der Waals surface area contributed by atoms with Gasteiger partial charge in [0, 0.05) is 32.6 Å². The maximum Gasteiger partial charge on any atom is 0.0725 e. The van der Waals surface area contributed by atoms with Gasteiger partial charge < -0.3 is 5.32 Å². The fourth-order valence-electron chi connectivity index (χ4n) is 2.82. The van der Waals surface area contributed by atoms with Crippen LogP contribution in [0.15, 0.2) is 36.4 Å². The van der Waals surface area contributed by atoms with Gasteiger partial charge in [0.25, 0.3) is 0 Å². The third-order valence-corrected chi connectivity index (χ3v) is 4.74. The molecule has 0 aliphatic heterocycles. The molecule has 21 heavy (non-hydrogen) atoms. The molecule has 0 spiro atoms. The Balaban J connectivity index is 1.99. The molecule has 0 radical (unpaired) electrons. The van der Waals surface area contributed by atoms with E-state index in [9.17, 15) is 0 Å². The average Bonchev–Trinajstić information content (AvgIpc) is 2.77. The number of thiophene rings is 1. The molecule has 0 saturated carbocycles. The van der Waals surface area contributed by atoms with Crippen LogP contribution in [0, 0.1) is 20.8 Å². The first-order chi connectivity index (χ1) is 10.0. The Labute approximate surface area is 129 Å². The van der Waals surface area contributed by atoms with Crippen molar-refractivity contribution in [1.82, 2.24) is 4.98 Å². The van der Waals surface area contributed by atoms with Crippen molar-refractivity contribution in [1.29, 1.82) is 0 Å². The Bertz CT molecular complexity index is 789. The molecule has 2 heterocycles. The molecule has 3 rings (SSSR count). The summed E-state index contributed by atoms with van der Waals surface area (Å²) in [6, 6.07) is 13.0. The van der Waals surface area contributed by atoms with E-state index in [2.05, 4.69) is 61.4 Å². The predicted molar refractivity (Wildman–Crippen MR) is 92.3 cm³/mol. The summed E-state index contributed by atoms with van der Waals surface area (Å²) in [4.78, 5) is 7.36. The minimum atomic E-state index is 0.292. The number of fused-ring (bicyclic) bond motifs is 1. The van der Waals surface area contributed by atoms with Gasteiger partial charge in [-0.2, -0.15) is 0 Å². The fraction of sp³-hybridized carbons (Fsp3) is 0.278. The van der Waals surface area contributed by atoms with Crippen LogP contribution in [-0.4, -0.2) is 4.98 Å². The number of para-hydroxylation sites is 1. The molecule has 1 unspecified atom stereocenters. The van der Waals surface area contributed by atoms with E-state index >= 15 is 0 Å². The van der Waals surface area contributed by atoms with Crippen LogP contribution in [0.2, 0.25) is 0 Å². The van der Waals surface area contributed by atoms with Crippen LogP contribution in [0.3, 0.4) is 0 Å². The molecule has 2 aromatic heterocycles. The molecule has 1 aromatic carbocycles. The molecule has 1 atom stereocenters. The van der Waals surface area contributed by atoms with Crippen molar-refractivity contribution < 1.29 is 0 Å². The summed E-state index contributed by atoms with van der Waals surface area (Å²) in [6.07, 6.45) is 0. The van der Waals surface area contributed by atoms with Gasteiger partial charge in [-0.15, -0.1) is 11.3 Å². The maximum atomic E-state index is 4.60. The van der Waals surface area contributed by atoms with E-state index in [1.807, 2.05) is 24.3 Å². The van der Waals surface area contributed by atoms with E-state index in [4.69, 9.17) is 0 Å². The maximum absolute atomic E-state index is 4.60. The largest absolute Gasteiger partial charge is 0.378 e. The lowest BCUT2D eigenvalue weighted by atomic mass is 10.1. The van der Waals surface area contributed by atoms with Crippen molar-refractivity contribution in [2.24, 2.45) is 0 Å². The third-order valence-electron chi connectivity index (χ3n) is 3.76. The number of pyridine rings is 1. The van der Waals surface area contributed by atoms with Crippen LogP contribution in [0.5, 0.6) is 0 Å². The molecule has 1 N–H and O–H groups in total.